The third kappa shape index (κ3) is 3.67. The molecule has 0 saturated heterocycles. The molecule has 0 atom stereocenters. The SMILES string of the molecule is COc1ccc(=O)n(Cc2ccccc2CC(=O)NN)n1. The van der Waals surface area contributed by atoms with Gasteiger partial charge in [-0.1, -0.05) is 24.3 Å². The normalized spacial score (nSPS) is 10.2. The van der Waals surface area contributed by atoms with Crippen LogP contribution in [0, 0.1) is 0 Å². The van der Waals surface area contributed by atoms with Gasteiger partial charge in [-0.3, -0.25) is 15.0 Å². The topological polar surface area (TPSA) is 99.2 Å². The van der Waals surface area contributed by atoms with Gasteiger partial charge in [0.1, 0.15) is 0 Å². The van der Waals surface area contributed by atoms with Crippen molar-refractivity contribution in [1.82, 2.24) is 15.2 Å². The fraction of sp³-hybridized carbons (Fsp3) is 0.214. The first kappa shape index (κ1) is 14.7. The Kier molecular flexibility index (Phi) is 4.68. The molecule has 0 aliphatic rings. The van der Waals surface area contributed by atoms with Gasteiger partial charge in [-0.15, -0.1) is 5.10 Å². The number of benzene rings is 1. The first-order chi connectivity index (χ1) is 10.1. The van der Waals surface area contributed by atoms with E-state index in [4.69, 9.17) is 10.6 Å². The number of amides is 1. The molecule has 1 heterocycles. The highest BCUT2D eigenvalue weighted by molar-refractivity contribution is 5.78. The number of ether oxygens (including phenoxy) is 1. The largest absolute Gasteiger partial charge is 0.480 e. The molecule has 3 N–H and O–H groups in total. The Bertz CT molecular complexity index is 697. The Morgan fingerprint density at radius 3 is 2.67 bits per heavy atom. The summed E-state index contributed by atoms with van der Waals surface area (Å²) in [5.41, 5.74) is 3.46. The van der Waals surface area contributed by atoms with Crippen LogP contribution in [-0.4, -0.2) is 22.8 Å². The molecule has 1 aromatic carbocycles. The van der Waals surface area contributed by atoms with Crippen molar-refractivity contribution in [3.63, 3.8) is 0 Å². The average molecular weight is 288 g/mol. The summed E-state index contributed by atoms with van der Waals surface area (Å²) in [7, 11) is 1.48. The number of nitrogens with zero attached hydrogens (tertiary/aromatic N) is 2. The summed E-state index contributed by atoms with van der Waals surface area (Å²) in [6, 6.07) is 10.2. The predicted octanol–water partition coefficient (Wildman–Crippen LogP) is -0.167. The van der Waals surface area contributed by atoms with E-state index >= 15 is 0 Å². The molecule has 7 nitrogen and oxygen atoms in total. The summed E-state index contributed by atoms with van der Waals surface area (Å²) in [6.45, 7) is 0.254. The average Bonchev–Trinajstić information content (AvgIpc) is 2.51. The van der Waals surface area contributed by atoms with Gasteiger partial charge in [0, 0.05) is 12.1 Å². The van der Waals surface area contributed by atoms with E-state index in [-0.39, 0.29) is 24.4 Å². The Morgan fingerprint density at radius 2 is 2.00 bits per heavy atom. The van der Waals surface area contributed by atoms with Crippen LogP contribution in [0.5, 0.6) is 5.88 Å². The van der Waals surface area contributed by atoms with Gasteiger partial charge in [0.2, 0.25) is 11.8 Å². The number of hydrogen-bond donors (Lipinski definition) is 2. The van der Waals surface area contributed by atoms with Gasteiger partial charge in [-0.2, -0.15) is 0 Å². The van der Waals surface area contributed by atoms with Gasteiger partial charge >= 0.3 is 0 Å². The van der Waals surface area contributed by atoms with Crippen LogP contribution in [0.3, 0.4) is 0 Å². The number of carbonyl (C=O) groups excluding carboxylic acids is 1. The predicted molar refractivity (Wildman–Crippen MR) is 76.6 cm³/mol. The van der Waals surface area contributed by atoms with E-state index in [1.807, 2.05) is 24.3 Å². The molecular weight excluding hydrogens is 272 g/mol. The first-order valence-corrected chi connectivity index (χ1v) is 6.32. The molecule has 0 bridgehead atoms. The second-order valence-corrected chi connectivity index (χ2v) is 4.38. The van der Waals surface area contributed by atoms with E-state index in [9.17, 15) is 9.59 Å². The van der Waals surface area contributed by atoms with E-state index in [2.05, 4.69) is 10.5 Å². The summed E-state index contributed by atoms with van der Waals surface area (Å²) in [4.78, 5) is 23.2. The number of nitrogens with two attached hydrogens (primary N) is 1. The molecule has 7 heteroatoms. The molecule has 0 radical (unpaired) electrons. The molecule has 2 rings (SSSR count). The monoisotopic (exact) mass is 288 g/mol. The Labute approximate surface area is 121 Å². The van der Waals surface area contributed by atoms with E-state index in [1.165, 1.54) is 23.9 Å². The van der Waals surface area contributed by atoms with Crippen molar-refractivity contribution in [2.24, 2.45) is 5.84 Å². The van der Waals surface area contributed by atoms with Gasteiger partial charge in [0.05, 0.1) is 20.1 Å². The highest BCUT2D eigenvalue weighted by atomic mass is 16.5. The van der Waals surface area contributed by atoms with E-state index in [0.29, 0.717) is 5.88 Å². The number of nitrogens with one attached hydrogen (secondary N) is 1. The Morgan fingerprint density at radius 1 is 1.29 bits per heavy atom. The summed E-state index contributed by atoms with van der Waals surface area (Å²) < 4.78 is 6.30. The van der Waals surface area contributed by atoms with Crippen LogP contribution >= 0.6 is 0 Å². The van der Waals surface area contributed by atoms with Crippen LogP contribution in [-0.2, 0) is 17.8 Å². The molecule has 0 unspecified atom stereocenters. The molecule has 0 saturated carbocycles. The Hall–Kier alpha value is -2.67. The van der Waals surface area contributed by atoms with Gasteiger partial charge in [0.25, 0.3) is 5.56 Å². The van der Waals surface area contributed by atoms with Crippen molar-refractivity contribution in [2.75, 3.05) is 7.11 Å². The van der Waals surface area contributed by atoms with Crippen LogP contribution in [0.15, 0.2) is 41.2 Å². The van der Waals surface area contributed by atoms with Crippen LogP contribution in [0.2, 0.25) is 0 Å². The fourth-order valence-corrected chi connectivity index (χ4v) is 1.92. The van der Waals surface area contributed by atoms with Gasteiger partial charge in [-0.25, -0.2) is 10.5 Å². The lowest BCUT2D eigenvalue weighted by atomic mass is 10.0. The number of carbonyl (C=O) groups is 1. The van der Waals surface area contributed by atoms with E-state index in [0.717, 1.165) is 11.1 Å². The minimum Gasteiger partial charge on any atom is -0.480 e. The number of hydrazine groups is 1. The molecule has 110 valence electrons. The summed E-state index contributed by atoms with van der Waals surface area (Å²) in [5, 5.41) is 4.08. The summed E-state index contributed by atoms with van der Waals surface area (Å²) in [6.07, 6.45) is 0.144. The molecule has 0 aliphatic heterocycles. The smallest absolute Gasteiger partial charge is 0.267 e. The second-order valence-electron chi connectivity index (χ2n) is 4.38. The maximum Gasteiger partial charge on any atom is 0.267 e. The zero-order valence-corrected chi connectivity index (χ0v) is 11.6. The maximum atomic E-state index is 11.8. The van der Waals surface area contributed by atoms with Gasteiger partial charge < -0.3 is 4.74 Å². The molecule has 21 heavy (non-hydrogen) atoms. The molecule has 0 spiro atoms. The lowest BCUT2D eigenvalue weighted by Crippen LogP contribution is -2.32. The lowest BCUT2D eigenvalue weighted by molar-refractivity contribution is -0.120. The minimum absolute atomic E-state index is 0.144. The molecule has 0 fully saturated rings. The number of aromatic nitrogens is 2. The zero-order valence-electron chi connectivity index (χ0n) is 11.6. The first-order valence-electron chi connectivity index (χ1n) is 6.32. The van der Waals surface area contributed by atoms with Crippen molar-refractivity contribution >= 4 is 5.91 Å². The third-order valence-corrected chi connectivity index (χ3v) is 3.00. The lowest BCUT2D eigenvalue weighted by Gasteiger charge is -2.10. The summed E-state index contributed by atoms with van der Waals surface area (Å²) >= 11 is 0. The third-order valence-electron chi connectivity index (χ3n) is 3.00. The highest BCUT2D eigenvalue weighted by Gasteiger charge is 2.09. The molecule has 1 aromatic heterocycles. The van der Waals surface area contributed by atoms with Gasteiger partial charge in [0.15, 0.2) is 0 Å². The molecule has 1 amide bonds. The highest BCUT2D eigenvalue weighted by Crippen LogP contribution is 2.11. The molecule has 0 aliphatic carbocycles. The Balaban J connectivity index is 2.31. The van der Waals surface area contributed by atoms with Crippen molar-refractivity contribution in [3.05, 3.63) is 57.9 Å². The van der Waals surface area contributed by atoms with Crippen molar-refractivity contribution in [3.8, 4) is 5.88 Å². The minimum atomic E-state index is -0.298. The van der Waals surface area contributed by atoms with Crippen molar-refractivity contribution in [1.29, 1.82) is 0 Å². The van der Waals surface area contributed by atoms with E-state index < -0.39 is 0 Å². The molecular formula is C14H16N4O3. The standard InChI is InChI=1S/C14H16N4O3/c1-21-13-6-7-14(20)18(17-13)9-11-5-3-2-4-10(11)8-12(19)16-15/h2-7H,8-9,15H2,1H3,(H,16,19). The van der Waals surface area contributed by atoms with Crippen LogP contribution < -0.4 is 21.6 Å². The second kappa shape index (κ2) is 6.67. The van der Waals surface area contributed by atoms with Crippen molar-refractivity contribution in [2.45, 2.75) is 13.0 Å². The zero-order chi connectivity index (χ0) is 15.2. The quantitative estimate of drug-likeness (QED) is 0.452. The van der Waals surface area contributed by atoms with Crippen LogP contribution in [0.25, 0.3) is 0 Å². The summed E-state index contributed by atoms with van der Waals surface area (Å²) in [5.74, 6) is 5.16. The van der Waals surface area contributed by atoms with Crippen LogP contribution in [0.1, 0.15) is 11.1 Å². The van der Waals surface area contributed by atoms with Crippen LogP contribution in [0.4, 0.5) is 0 Å². The fourth-order valence-electron chi connectivity index (χ4n) is 1.92. The number of hydrogen-bond acceptors (Lipinski definition) is 5. The number of rotatable bonds is 5. The maximum absolute atomic E-state index is 11.8. The van der Waals surface area contributed by atoms with E-state index in [1.54, 1.807) is 0 Å². The molecule has 2 aromatic rings. The van der Waals surface area contributed by atoms with Crippen molar-refractivity contribution < 1.29 is 9.53 Å². The van der Waals surface area contributed by atoms with Gasteiger partial charge in [-0.05, 0) is 11.1 Å². The number of methoxy groups -OCH3 is 1.